The van der Waals surface area contributed by atoms with E-state index in [9.17, 15) is 4.79 Å². The summed E-state index contributed by atoms with van der Waals surface area (Å²) in [5.74, 6) is 2.01. The second-order valence-corrected chi connectivity index (χ2v) is 8.84. The summed E-state index contributed by atoms with van der Waals surface area (Å²) in [5, 5.41) is 5.83. The Labute approximate surface area is 204 Å². The summed E-state index contributed by atoms with van der Waals surface area (Å²) in [6.07, 6.45) is 0. The standard InChI is InChI=1S/C25H19ClN4O3S/c1-32-19-6-4-5-16(13-19)14-30-24(31)20-7-2-3-8-21(20)27-25(30)34-15-22-28-23(29-33-22)17-9-11-18(26)12-10-17/h2-13H,14-15H2,1H3. The van der Waals surface area contributed by atoms with Gasteiger partial charge >= 0.3 is 0 Å². The van der Waals surface area contributed by atoms with Crippen molar-refractivity contribution >= 4 is 34.3 Å². The van der Waals surface area contributed by atoms with Gasteiger partial charge in [0.15, 0.2) is 5.16 Å². The Morgan fingerprint density at radius 1 is 1.03 bits per heavy atom. The molecule has 2 aromatic heterocycles. The van der Waals surface area contributed by atoms with Gasteiger partial charge in [-0.25, -0.2) is 4.98 Å². The first-order valence-corrected chi connectivity index (χ1v) is 11.8. The number of fused-ring (bicyclic) bond motifs is 1. The quantitative estimate of drug-likeness (QED) is 0.221. The number of rotatable bonds is 7. The lowest BCUT2D eigenvalue weighted by Gasteiger charge is -2.13. The fourth-order valence-electron chi connectivity index (χ4n) is 3.51. The fraction of sp³-hybridized carbons (Fsp3) is 0.120. The molecule has 0 atom stereocenters. The van der Waals surface area contributed by atoms with Crippen LogP contribution in [-0.4, -0.2) is 26.8 Å². The summed E-state index contributed by atoms with van der Waals surface area (Å²) >= 11 is 7.33. The van der Waals surface area contributed by atoms with Gasteiger partial charge in [0.2, 0.25) is 11.7 Å². The lowest BCUT2D eigenvalue weighted by Crippen LogP contribution is -2.24. The number of aromatic nitrogens is 4. The number of nitrogens with zero attached hydrogens (tertiary/aromatic N) is 4. The smallest absolute Gasteiger partial charge is 0.262 e. The minimum absolute atomic E-state index is 0.108. The summed E-state index contributed by atoms with van der Waals surface area (Å²) < 4.78 is 12.4. The summed E-state index contributed by atoms with van der Waals surface area (Å²) in [4.78, 5) is 22.6. The van der Waals surface area contributed by atoms with Crippen LogP contribution in [-0.2, 0) is 12.3 Å². The molecule has 0 aliphatic rings. The predicted octanol–water partition coefficient (Wildman–Crippen LogP) is 5.45. The maximum absolute atomic E-state index is 13.4. The predicted molar refractivity (Wildman–Crippen MR) is 132 cm³/mol. The molecule has 170 valence electrons. The highest BCUT2D eigenvalue weighted by atomic mass is 35.5. The Balaban J connectivity index is 1.45. The number of para-hydroxylation sites is 1. The average Bonchev–Trinajstić information content (AvgIpc) is 3.34. The number of halogens is 1. The van der Waals surface area contributed by atoms with Crippen molar-refractivity contribution < 1.29 is 9.26 Å². The van der Waals surface area contributed by atoms with Gasteiger partial charge in [0, 0.05) is 10.6 Å². The Bertz CT molecular complexity index is 1520. The second kappa shape index (κ2) is 9.70. The monoisotopic (exact) mass is 490 g/mol. The minimum Gasteiger partial charge on any atom is -0.497 e. The molecule has 0 fully saturated rings. The van der Waals surface area contributed by atoms with E-state index < -0.39 is 0 Å². The Morgan fingerprint density at radius 2 is 1.85 bits per heavy atom. The van der Waals surface area contributed by atoms with E-state index in [1.165, 1.54) is 11.8 Å². The van der Waals surface area contributed by atoms with Crippen molar-refractivity contribution in [3.8, 4) is 17.1 Å². The van der Waals surface area contributed by atoms with E-state index in [4.69, 9.17) is 25.8 Å². The summed E-state index contributed by atoms with van der Waals surface area (Å²) in [7, 11) is 1.62. The first-order valence-electron chi connectivity index (χ1n) is 10.4. The molecule has 0 amide bonds. The summed E-state index contributed by atoms with van der Waals surface area (Å²) in [6, 6.07) is 22.2. The van der Waals surface area contributed by atoms with E-state index in [2.05, 4.69) is 10.1 Å². The number of ether oxygens (including phenoxy) is 1. The van der Waals surface area contributed by atoms with Crippen molar-refractivity contribution in [3.63, 3.8) is 0 Å². The third-order valence-corrected chi connectivity index (χ3v) is 6.41. The van der Waals surface area contributed by atoms with E-state index in [0.717, 1.165) is 16.9 Å². The van der Waals surface area contributed by atoms with Crippen LogP contribution in [0.3, 0.4) is 0 Å². The molecule has 0 aliphatic heterocycles. The summed E-state index contributed by atoms with van der Waals surface area (Å²) in [6.45, 7) is 0.357. The summed E-state index contributed by atoms with van der Waals surface area (Å²) in [5.41, 5.74) is 2.28. The van der Waals surface area contributed by atoms with E-state index in [1.807, 2.05) is 54.6 Å². The second-order valence-electron chi connectivity index (χ2n) is 7.46. The van der Waals surface area contributed by atoms with Gasteiger partial charge in [-0.1, -0.05) is 52.8 Å². The molecule has 0 saturated carbocycles. The normalized spacial score (nSPS) is 11.1. The Hall–Kier alpha value is -3.62. The molecule has 3 aromatic carbocycles. The van der Waals surface area contributed by atoms with E-state index in [0.29, 0.717) is 45.1 Å². The first-order chi connectivity index (χ1) is 16.6. The highest BCUT2D eigenvalue weighted by Crippen LogP contribution is 2.25. The topological polar surface area (TPSA) is 83.0 Å². The Morgan fingerprint density at radius 3 is 2.68 bits per heavy atom. The van der Waals surface area contributed by atoms with Crippen molar-refractivity contribution in [2.24, 2.45) is 0 Å². The number of hydrogen-bond donors (Lipinski definition) is 0. The minimum atomic E-state index is -0.108. The maximum atomic E-state index is 13.4. The molecular formula is C25H19ClN4O3S. The van der Waals surface area contributed by atoms with Gasteiger partial charge in [-0.2, -0.15) is 4.98 Å². The van der Waals surface area contributed by atoms with Crippen molar-refractivity contribution in [2.45, 2.75) is 17.5 Å². The van der Waals surface area contributed by atoms with E-state index >= 15 is 0 Å². The molecule has 9 heteroatoms. The molecule has 0 unspecified atom stereocenters. The van der Waals surface area contributed by atoms with Crippen LogP contribution >= 0.6 is 23.4 Å². The van der Waals surface area contributed by atoms with Crippen molar-refractivity contribution in [3.05, 3.63) is 99.6 Å². The molecule has 7 nitrogen and oxygen atoms in total. The van der Waals surface area contributed by atoms with Crippen LogP contribution in [0.15, 0.2) is 87.3 Å². The zero-order chi connectivity index (χ0) is 23.5. The molecular weight excluding hydrogens is 472 g/mol. The zero-order valence-corrected chi connectivity index (χ0v) is 19.7. The zero-order valence-electron chi connectivity index (χ0n) is 18.1. The van der Waals surface area contributed by atoms with Crippen LogP contribution in [0.5, 0.6) is 5.75 Å². The first kappa shape index (κ1) is 22.2. The molecule has 0 aliphatic carbocycles. The number of thioether (sulfide) groups is 1. The maximum Gasteiger partial charge on any atom is 0.262 e. The largest absolute Gasteiger partial charge is 0.497 e. The molecule has 34 heavy (non-hydrogen) atoms. The van der Waals surface area contributed by atoms with Gasteiger partial charge in [-0.05, 0) is 54.1 Å². The van der Waals surface area contributed by atoms with Gasteiger partial charge in [0.05, 0.1) is 30.3 Å². The average molecular weight is 491 g/mol. The Kier molecular flexibility index (Phi) is 6.33. The molecule has 5 rings (SSSR count). The van der Waals surface area contributed by atoms with E-state index in [1.54, 1.807) is 29.9 Å². The van der Waals surface area contributed by atoms with Gasteiger partial charge < -0.3 is 9.26 Å². The van der Waals surface area contributed by atoms with Gasteiger partial charge in [-0.3, -0.25) is 9.36 Å². The van der Waals surface area contributed by atoms with E-state index in [-0.39, 0.29) is 5.56 Å². The van der Waals surface area contributed by atoms with Crippen LogP contribution in [0.25, 0.3) is 22.3 Å². The third kappa shape index (κ3) is 4.69. The molecule has 0 bridgehead atoms. The van der Waals surface area contributed by atoms with Crippen LogP contribution in [0.1, 0.15) is 11.5 Å². The van der Waals surface area contributed by atoms with Gasteiger partial charge in [0.1, 0.15) is 5.75 Å². The number of benzene rings is 3. The van der Waals surface area contributed by atoms with Gasteiger partial charge in [0.25, 0.3) is 5.56 Å². The highest BCUT2D eigenvalue weighted by Gasteiger charge is 2.15. The van der Waals surface area contributed by atoms with Crippen molar-refractivity contribution in [1.82, 2.24) is 19.7 Å². The lowest BCUT2D eigenvalue weighted by atomic mass is 10.2. The molecule has 0 N–H and O–H groups in total. The molecule has 5 aromatic rings. The van der Waals surface area contributed by atoms with Crippen LogP contribution in [0.2, 0.25) is 5.02 Å². The molecule has 0 saturated heterocycles. The number of hydrogen-bond acceptors (Lipinski definition) is 7. The van der Waals surface area contributed by atoms with Crippen LogP contribution in [0.4, 0.5) is 0 Å². The van der Waals surface area contributed by atoms with Crippen LogP contribution in [0, 0.1) is 0 Å². The molecule has 0 spiro atoms. The van der Waals surface area contributed by atoms with Crippen LogP contribution < -0.4 is 10.3 Å². The third-order valence-electron chi connectivity index (χ3n) is 5.20. The lowest BCUT2D eigenvalue weighted by molar-refractivity contribution is 0.391. The highest BCUT2D eigenvalue weighted by molar-refractivity contribution is 7.98. The van der Waals surface area contributed by atoms with Crippen molar-refractivity contribution in [1.29, 1.82) is 0 Å². The van der Waals surface area contributed by atoms with Crippen molar-refractivity contribution in [2.75, 3.05) is 7.11 Å². The number of methoxy groups -OCH3 is 1. The molecule has 0 radical (unpaired) electrons. The molecule has 2 heterocycles. The fourth-order valence-corrected chi connectivity index (χ4v) is 4.47. The van der Waals surface area contributed by atoms with Gasteiger partial charge in [-0.15, -0.1) is 0 Å². The SMILES string of the molecule is COc1cccc(Cn2c(SCc3nc(-c4ccc(Cl)cc4)no3)nc3ccccc3c2=O)c1.